The third kappa shape index (κ3) is 4.35. The second-order valence-electron chi connectivity index (χ2n) is 6.97. The minimum atomic E-state index is 0.0275. The van der Waals surface area contributed by atoms with Crippen molar-refractivity contribution in [1.82, 2.24) is 5.32 Å². The summed E-state index contributed by atoms with van der Waals surface area (Å²) in [7, 11) is 0. The van der Waals surface area contributed by atoms with Crippen molar-refractivity contribution in [3.63, 3.8) is 0 Å². The van der Waals surface area contributed by atoms with Crippen molar-refractivity contribution in [1.29, 1.82) is 0 Å². The van der Waals surface area contributed by atoms with Gasteiger partial charge in [-0.1, -0.05) is 30.3 Å². The molecule has 2 heterocycles. The molecular formula is C22H26N2O3. The van der Waals surface area contributed by atoms with Gasteiger partial charge >= 0.3 is 0 Å². The molecule has 142 valence electrons. The largest absolute Gasteiger partial charge is 0.493 e. The first-order chi connectivity index (χ1) is 13.3. The van der Waals surface area contributed by atoms with Gasteiger partial charge in [0, 0.05) is 12.0 Å². The maximum Gasteiger partial charge on any atom is 0.285 e. The van der Waals surface area contributed by atoms with Crippen LogP contribution in [0, 0.1) is 6.92 Å². The molecule has 0 saturated carbocycles. The fraction of sp³-hybridized carbons (Fsp3) is 0.409. The molecule has 0 bridgehead atoms. The zero-order chi connectivity index (χ0) is 18.5. The van der Waals surface area contributed by atoms with Crippen LogP contribution in [-0.2, 0) is 11.2 Å². The van der Waals surface area contributed by atoms with Crippen molar-refractivity contribution in [2.45, 2.75) is 32.2 Å². The third-order valence-corrected chi connectivity index (χ3v) is 4.89. The molecule has 2 aliphatic heterocycles. The number of aliphatic imine (C=N–C) groups is 1. The van der Waals surface area contributed by atoms with E-state index in [-0.39, 0.29) is 6.04 Å². The summed E-state index contributed by atoms with van der Waals surface area (Å²) in [6.07, 6.45) is 2.92. The summed E-state index contributed by atoms with van der Waals surface area (Å²) < 4.78 is 17.6. The molecule has 0 saturated heterocycles. The standard InChI is InChI=1S/C22H26N2O3/c1-16-5-2-8-18(15-16)25-13-10-20(24-22-23-11-14-27-22)19-9-3-6-17-7-4-12-26-21(17)19/h2-3,5-6,8-9,15,20H,4,7,10-14H2,1H3,(H,23,24). The van der Waals surface area contributed by atoms with Crippen LogP contribution in [0.5, 0.6) is 11.5 Å². The molecule has 1 N–H and O–H groups in total. The first-order valence-electron chi connectivity index (χ1n) is 9.67. The maximum absolute atomic E-state index is 6.02. The Hall–Kier alpha value is -2.69. The van der Waals surface area contributed by atoms with Gasteiger partial charge in [0.1, 0.15) is 18.1 Å². The van der Waals surface area contributed by atoms with E-state index in [1.165, 1.54) is 11.1 Å². The van der Waals surface area contributed by atoms with E-state index in [2.05, 4.69) is 47.6 Å². The number of hydrogen-bond donors (Lipinski definition) is 1. The number of aryl methyl sites for hydroxylation is 2. The Labute approximate surface area is 160 Å². The van der Waals surface area contributed by atoms with Gasteiger partial charge in [0.2, 0.25) is 0 Å². The number of hydrogen-bond acceptors (Lipinski definition) is 5. The third-order valence-electron chi connectivity index (χ3n) is 4.89. The fourth-order valence-corrected chi connectivity index (χ4v) is 3.57. The van der Waals surface area contributed by atoms with Crippen LogP contribution in [0.15, 0.2) is 47.5 Å². The van der Waals surface area contributed by atoms with E-state index in [0.717, 1.165) is 42.9 Å². The van der Waals surface area contributed by atoms with Crippen LogP contribution in [0.3, 0.4) is 0 Å². The Kier molecular flexibility index (Phi) is 5.47. The van der Waals surface area contributed by atoms with Gasteiger partial charge in [0.15, 0.2) is 0 Å². The highest BCUT2D eigenvalue weighted by atomic mass is 16.5. The van der Waals surface area contributed by atoms with Crippen molar-refractivity contribution in [2.75, 3.05) is 26.4 Å². The summed E-state index contributed by atoms with van der Waals surface area (Å²) >= 11 is 0. The van der Waals surface area contributed by atoms with Crippen molar-refractivity contribution in [2.24, 2.45) is 4.99 Å². The highest BCUT2D eigenvalue weighted by Gasteiger charge is 2.23. The number of nitrogens with one attached hydrogen (secondary N) is 1. The Bertz CT molecular complexity index is 819. The molecule has 4 rings (SSSR count). The zero-order valence-corrected chi connectivity index (χ0v) is 15.7. The smallest absolute Gasteiger partial charge is 0.285 e. The first kappa shape index (κ1) is 17.7. The van der Waals surface area contributed by atoms with Crippen LogP contribution in [0.25, 0.3) is 0 Å². The lowest BCUT2D eigenvalue weighted by molar-refractivity contribution is 0.266. The highest BCUT2D eigenvalue weighted by molar-refractivity contribution is 5.75. The van der Waals surface area contributed by atoms with E-state index in [0.29, 0.717) is 25.8 Å². The molecule has 0 spiro atoms. The Balaban J connectivity index is 1.50. The number of benzene rings is 2. The molecule has 2 aliphatic rings. The van der Waals surface area contributed by atoms with Crippen LogP contribution in [0.4, 0.5) is 0 Å². The van der Waals surface area contributed by atoms with Gasteiger partial charge in [-0.25, -0.2) is 4.99 Å². The molecule has 5 nitrogen and oxygen atoms in total. The molecule has 0 fully saturated rings. The quantitative estimate of drug-likeness (QED) is 0.845. The molecule has 0 radical (unpaired) electrons. The maximum atomic E-state index is 6.02. The fourth-order valence-electron chi connectivity index (χ4n) is 3.57. The Morgan fingerprint density at radius 1 is 1.15 bits per heavy atom. The highest BCUT2D eigenvalue weighted by Crippen LogP contribution is 2.34. The van der Waals surface area contributed by atoms with Gasteiger partial charge in [0.05, 0.1) is 25.8 Å². The second-order valence-corrected chi connectivity index (χ2v) is 6.97. The monoisotopic (exact) mass is 366 g/mol. The van der Waals surface area contributed by atoms with Gasteiger partial charge in [-0.3, -0.25) is 0 Å². The molecule has 0 aliphatic carbocycles. The number of ether oxygens (including phenoxy) is 3. The van der Waals surface area contributed by atoms with Crippen molar-refractivity contribution < 1.29 is 14.2 Å². The number of rotatable bonds is 6. The van der Waals surface area contributed by atoms with Crippen molar-refractivity contribution >= 4 is 6.02 Å². The predicted molar refractivity (Wildman–Crippen MR) is 106 cm³/mol. The topological polar surface area (TPSA) is 52.1 Å². The van der Waals surface area contributed by atoms with Gasteiger partial charge in [-0.15, -0.1) is 0 Å². The van der Waals surface area contributed by atoms with Gasteiger partial charge in [-0.05, 0) is 43.0 Å². The molecule has 1 atom stereocenters. The van der Waals surface area contributed by atoms with Gasteiger partial charge in [-0.2, -0.15) is 0 Å². The van der Waals surface area contributed by atoms with E-state index in [1.807, 2.05) is 12.1 Å². The molecular weight excluding hydrogens is 340 g/mol. The second kappa shape index (κ2) is 8.33. The van der Waals surface area contributed by atoms with Crippen LogP contribution in [-0.4, -0.2) is 32.4 Å². The zero-order valence-electron chi connectivity index (χ0n) is 15.7. The van der Waals surface area contributed by atoms with Gasteiger partial charge < -0.3 is 19.5 Å². The molecule has 2 aromatic carbocycles. The van der Waals surface area contributed by atoms with E-state index in [9.17, 15) is 0 Å². The summed E-state index contributed by atoms with van der Waals surface area (Å²) in [4.78, 5) is 4.39. The lowest BCUT2D eigenvalue weighted by Crippen LogP contribution is -2.30. The molecule has 27 heavy (non-hydrogen) atoms. The number of fused-ring (bicyclic) bond motifs is 1. The van der Waals surface area contributed by atoms with Crippen LogP contribution >= 0.6 is 0 Å². The molecule has 0 amide bonds. The van der Waals surface area contributed by atoms with Crippen LogP contribution in [0.2, 0.25) is 0 Å². The van der Waals surface area contributed by atoms with E-state index in [1.54, 1.807) is 0 Å². The number of amidine groups is 1. The normalized spacial score (nSPS) is 16.6. The van der Waals surface area contributed by atoms with Gasteiger partial charge in [0.25, 0.3) is 6.02 Å². The van der Waals surface area contributed by atoms with Crippen molar-refractivity contribution in [3.8, 4) is 11.5 Å². The summed E-state index contributed by atoms with van der Waals surface area (Å²) in [5.74, 6) is 1.91. The number of nitrogens with zero attached hydrogens (tertiary/aromatic N) is 1. The summed E-state index contributed by atoms with van der Waals surface area (Å²) in [5, 5.41) is 3.45. The average molecular weight is 366 g/mol. The van der Waals surface area contributed by atoms with Crippen LogP contribution in [0.1, 0.15) is 35.6 Å². The minimum Gasteiger partial charge on any atom is -0.493 e. The van der Waals surface area contributed by atoms with E-state index >= 15 is 0 Å². The Morgan fingerprint density at radius 3 is 2.93 bits per heavy atom. The average Bonchev–Trinajstić information content (AvgIpc) is 3.20. The van der Waals surface area contributed by atoms with E-state index in [4.69, 9.17) is 14.2 Å². The van der Waals surface area contributed by atoms with E-state index < -0.39 is 0 Å². The SMILES string of the molecule is Cc1cccc(OCCC(NC2=NCCO2)c2cccc3c2OCCC3)c1. The molecule has 2 aromatic rings. The minimum absolute atomic E-state index is 0.0275. The van der Waals surface area contributed by atoms with Crippen molar-refractivity contribution in [3.05, 3.63) is 59.2 Å². The predicted octanol–water partition coefficient (Wildman–Crippen LogP) is 3.81. The molecule has 0 aromatic heterocycles. The summed E-state index contributed by atoms with van der Waals surface area (Å²) in [6, 6.07) is 15.2. The molecule has 1 unspecified atom stereocenters. The van der Waals surface area contributed by atoms with Crippen LogP contribution < -0.4 is 14.8 Å². The first-order valence-corrected chi connectivity index (χ1v) is 9.67. The lowest BCUT2D eigenvalue weighted by atomic mass is 9.96. The summed E-state index contributed by atoms with van der Waals surface area (Å²) in [5.41, 5.74) is 3.62. The number of para-hydroxylation sites is 1. The Morgan fingerprint density at radius 2 is 2.07 bits per heavy atom. The molecule has 5 heteroatoms. The lowest BCUT2D eigenvalue weighted by Gasteiger charge is -2.26. The summed E-state index contributed by atoms with van der Waals surface area (Å²) in [6.45, 7) is 4.78.